The minimum Gasteiger partial charge on any atom is -0.469 e. The SMILES string of the molecule is COC(=O)CCCCCC(C)(C)[Si](O)(c1ccccc1)c1ccccc1. The number of unbranched alkanes of at least 4 members (excludes halogenated alkanes) is 2. The van der Waals surface area contributed by atoms with E-state index in [4.69, 9.17) is 4.74 Å². The summed E-state index contributed by atoms with van der Waals surface area (Å²) >= 11 is 0. The number of ether oxygens (including phenoxy) is 1. The first kappa shape index (κ1) is 20.4. The van der Waals surface area contributed by atoms with Gasteiger partial charge in [0.25, 0.3) is 8.32 Å². The Morgan fingerprint density at radius 3 is 1.88 bits per heavy atom. The van der Waals surface area contributed by atoms with Crippen LogP contribution in [0.15, 0.2) is 60.7 Å². The van der Waals surface area contributed by atoms with Gasteiger partial charge in [0.2, 0.25) is 0 Å². The Morgan fingerprint density at radius 2 is 1.42 bits per heavy atom. The fourth-order valence-corrected chi connectivity index (χ4v) is 7.39. The van der Waals surface area contributed by atoms with Crippen LogP contribution in [0.5, 0.6) is 0 Å². The molecular formula is C22H30O3Si. The van der Waals surface area contributed by atoms with Gasteiger partial charge in [-0.3, -0.25) is 4.79 Å². The van der Waals surface area contributed by atoms with Gasteiger partial charge >= 0.3 is 5.97 Å². The summed E-state index contributed by atoms with van der Waals surface area (Å²) in [5.41, 5.74) is 0. The predicted molar refractivity (Wildman–Crippen MR) is 109 cm³/mol. The lowest BCUT2D eigenvalue weighted by Gasteiger charge is -2.41. The standard InChI is InChI=1S/C22H30O3Si/c1-22(2,18-12-6-11-17-21(23)25-3)26(24,19-13-7-4-8-14-19)20-15-9-5-10-16-20/h4-5,7-10,13-16,24H,6,11-12,17-18H2,1-3H3. The molecular weight excluding hydrogens is 340 g/mol. The Hall–Kier alpha value is -1.91. The molecule has 2 aromatic rings. The molecule has 2 aromatic carbocycles. The van der Waals surface area contributed by atoms with E-state index >= 15 is 0 Å². The third kappa shape index (κ3) is 4.62. The zero-order chi connectivity index (χ0) is 19.0. The van der Waals surface area contributed by atoms with Crippen molar-refractivity contribution in [3.05, 3.63) is 60.7 Å². The molecule has 0 saturated heterocycles. The number of hydrogen-bond donors (Lipinski definition) is 1. The Kier molecular flexibility index (Phi) is 7.18. The molecule has 0 fully saturated rings. The lowest BCUT2D eigenvalue weighted by Crippen LogP contribution is -2.65. The van der Waals surface area contributed by atoms with Gasteiger partial charge in [0.15, 0.2) is 0 Å². The quantitative estimate of drug-likeness (QED) is 0.416. The topological polar surface area (TPSA) is 46.5 Å². The molecule has 140 valence electrons. The van der Waals surface area contributed by atoms with Crippen LogP contribution in [-0.4, -0.2) is 26.2 Å². The van der Waals surface area contributed by atoms with Gasteiger partial charge in [-0.2, -0.15) is 0 Å². The van der Waals surface area contributed by atoms with Crippen molar-refractivity contribution in [1.82, 2.24) is 0 Å². The number of hydrogen-bond acceptors (Lipinski definition) is 3. The normalized spacial score (nSPS) is 12.0. The van der Waals surface area contributed by atoms with Crippen molar-refractivity contribution in [3.63, 3.8) is 0 Å². The van der Waals surface area contributed by atoms with Gasteiger partial charge in [0.05, 0.1) is 7.11 Å². The molecule has 4 heteroatoms. The molecule has 3 nitrogen and oxygen atoms in total. The molecule has 0 radical (unpaired) electrons. The average Bonchev–Trinajstić information content (AvgIpc) is 2.68. The molecule has 1 N–H and O–H groups in total. The van der Waals surface area contributed by atoms with Crippen LogP contribution in [0.2, 0.25) is 5.04 Å². The molecule has 0 spiro atoms. The maximum atomic E-state index is 12.0. The lowest BCUT2D eigenvalue weighted by atomic mass is 10.0. The molecule has 2 rings (SSSR count). The van der Waals surface area contributed by atoms with E-state index < -0.39 is 8.32 Å². The van der Waals surface area contributed by atoms with E-state index in [9.17, 15) is 9.59 Å². The molecule has 0 aliphatic carbocycles. The molecule has 0 aromatic heterocycles. The Labute approximate surface area is 158 Å². The second kappa shape index (κ2) is 9.15. The van der Waals surface area contributed by atoms with Gasteiger partial charge in [0.1, 0.15) is 0 Å². The fourth-order valence-electron chi connectivity index (χ4n) is 3.60. The van der Waals surface area contributed by atoms with Crippen LogP contribution in [0, 0.1) is 0 Å². The summed E-state index contributed by atoms with van der Waals surface area (Å²) in [4.78, 5) is 23.3. The fraction of sp³-hybridized carbons (Fsp3) is 0.409. The smallest absolute Gasteiger partial charge is 0.305 e. The summed E-state index contributed by atoms with van der Waals surface area (Å²) in [5.74, 6) is -0.149. The second-order valence-corrected chi connectivity index (χ2v) is 11.4. The van der Waals surface area contributed by atoms with Crippen molar-refractivity contribution < 1.29 is 14.3 Å². The first-order valence-corrected chi connectivity index (χ1v) is 11.3. The zero-order valence-electron chi connectivity index (χ0n) is 16.1. The molecule has 0 heterocycles. The highest BCUT2D eigenvalue weighted by atomic mass is 28.4. The number of carbonyl (C=O) groups excluding carboxylic acids is 1. The predicted octanol–water partition coefficient (Wildman–Crippen LogP) is 3.64. The largest absolute Gasteiger partial charge is 0.469 e. The highest BCUT2D eigenvalue weighted by Crippen LogP contribution is 2.40. The summed E-state index contributed by atoms with van der Waals surface area (Å²) in [6, 6.07) is 20.2. The summed E-state index contributed by atoms with van der Waals surface area (Å²) in [6.07, 6.45) is 4.17. The van der Waals surface area contributed by atoms with Crippen molar-refractivity contribution in [2.45, 2.75) is 51.0 Å². The monoisotopic (exact) mass is 370 g/mol. The van der Waals surface area contributed by atoms with Crippen LogP contribution in [0.4, 0.5) is 0 Å². The highest BCUT2D eigenvalue weighted by molar-refractivity contribution is 6.98. The van der Waals surface area contributed by atoms with E-state index in [1.807, 2.05) is 36.4 Å². The van der Waals surface area contributed by atoms with Crippen LogP contribution < -0.4 is 10.4 Å². The van der Waals surface area contributed by atoms with Gasteiger partial charge in [-0.05, 0) is 28.3 Å². The molecule has 0 unspecified atom stereocenters. The molecule has 0 amide bonds. The van der Waals surface area contributed by atoms with Crippen molar-refractivity contribution in [1.29, 1.82) is 0 Å². The lowest BCUT2D eigenvalue weighted by molar-refractivity contribution is -0.140. The summed E-state index contributed by atoms with van der Waals surface area (Å²) in [5, 5.41) is 1.87. The van der Waals surface area contributed by atoms with Crippen molar-refractivity contribution in [3.8, 4) is 0 Å². The van der Waals surface area contributed by atoms with Crippen molar-refractivity contribution in [2.24, 2.45) is 0 Å². The molecule has 0 bridgehead atoms. The van der Waals surface area contributed by atoms with E-state index in [1.54, 1.807) is 0 Å². The van der Waals surface area contributed by atoms with Gasteiger partial charge in [-0.15, -0.1) is 0 Å². The highest BCUT2D eigenvalue weighted by Gasteiger charge is 2.49. The molecule has 0 aliphatic heterocycles. The van der Waals surface area contributed by atoms with Crippen LogP contribution >= 0.6 is 0 Å². The molecule has 0 saturated carbocycles. The minimum atomic E-state index is -2.91. The minimum absolute atomic E-state index is 0.149. The molecule has 26 heavy (non-hydrogen) atoms. The molecule has 0 atom stereocenters. The maximum Gasteiger partial charge on any atom is 0.305 e. The van der Waals surface area contributed by atoms with Gasteiger partial charge in [0, 0.05) is 6.42 Å². The number of methoxy groups -OCH3 is 1. The van der Waals surface area contributed by atoms with E-state index in [0.29, 0.717) is 6.42 Å². The Morgan fingerprint density at radius 1 is 0.923 bits per heavy atom. The van der Waals surface area contributed by atoms with E-state index in [0.717, 1.165) is 36.1 Å². The number of carbonyl (C=O) groups is 1. The van der Waals surface area contributed by atoms with Gasteiger partial charge in [-0.1, -0.05) is 87.4 Å². The summed E-state index contributed by atoms with van der Waals surface area (Å²) in [6.45, 7) is 4.36. The first-order chi connectivity index (χ1) is 12.4. The van der Waals surface area contributed by atoms with Crippen LogP contribution in [-0.2, 0) is 9.53 Å². The van der Waals surface area contributed by atoms with Gasteiger partial charge in [-0.25, -0.2) is 0 Å². The van der Waals surface area contributed by atoms with Crippen molar-refractivity contribution in [2.75, 3.05) is 7.11 Å². The zero-order valence-corrected chi connectivity index (χ0v) is 17.1. The summed E-state index contributed by atoms with van der Waals surface area (Å²) < 4.78 is 4.70. The first-order valence-electron chi connectivity index (χ1n) is 9.32. The van der Waals surface area contributed by atoms with Crippen LogP contribution in [0.1, 0.15) is 46.0 Å². The van der Waals surface area contributed by atoms with Crippen LogP contribution in [0.25, 0.3) is 0 Å². The van der Waals surface area contributed by atoms with E-state index in [2.05, 4.69) is 38.1 Å². The van der Waals surface area contributed by atoms with Crippen LogP contribution in [0.3, 0.4) is 0 Å². The number of rotatable bonds is 9. The van der Waals surface area contributed by atoms with E-state index in [1.165, 1.54) is 7.11 Å². The third-order valence-corrected chi connectivity index (χ3v) is 9.82. The van der Waals surface area contributed by atoms with E-state index in [-0.39, 0.29) is 11.0 Å². The molecule has 0 aliphatic rings. The van der Waals surface area contributed by atoms with Crippen molar-refractivity contribution >= 4 is 24.7 Å². The second-order valence-electron chi connectivity index (χ2n) is 7.46. The Balaban J connectivity index is 2.18. The number of benzene rings is 2. The third-order valence-electron chi connectivity index (χ3n) is 5.27. The average molecular weight is 371 g/mol. The Bertz CT molecular complexity index is 644. The number of esters is 1. The summed E-state index contributed by atoms with van der Waals surface area (Å²) in [7, 11) is -1.48. The van der Waals surface area contributed by atoms with Gasteiger partial charge < -0.3 is 9.53 Å². The maximum absolute atomic E-state index is 12.0.